The highest BCUT2D eigenvalue weighted by Crippen LogP contribution is 2.28. The van der Waals surface area contributed by atoms with Gasteiger partial charge >= 0.3 is 0 Å². The molecule has 5 atom stereocenters. The van der Waals surface area contributed by atoms with Crippen LogP contribution in [-0.4, -0.2) is 61.7 Å². The molecule has 1 saturated heterocycles. The van der Waals surface area contributed by atoms with Crippen molar-refractivity contribution in [2.45, 2.75) is 84.0 Å². The van der Waals surface area contributed by atoms with E-state index in [0.717, 1.165) is 18.4 Å². The first-order valence-corrected chi connectivity index (χ1v) is 10.4. The molecule has 1 unspecified atom stereocenters. The molecule has 160 valence electrons. The van der Waals surface area contributed by atoms with Crippen LogP contribution in [0.3, 0.4) is 0 Å². The summed E-state index contributed by atoms with van der Waals surface area (Å²) in [6, 6.07) is 9.93. The highest BCUT2D eigenvalue weighted by molar-refractivity contribution is 5.13. The van der Waals surface area contributed by atoms with Crippen molar-refractivity contribution in [2.24, 2.45) is 0 Å². The summed E-state index contributed by atoms with van der Waals surface area (Å²) < 4.78 is 29.8. The average molecular weight is 397 g/mol. The summed E-state index contributed by atoms with van der Waals surface area (Å²) in [4.78, 5) is 0. The Morgan fingerprint density at radius 2 is 1.64 bits per heavy atom. The number of hydrogen-bond acceptors (Lipinski definition) is 6. The van der Waals surface area contributed by atoms with Crippen LogP contribution < -0.4 is 0 Å². The second-order valence-corrected chi connectivity index (χ2v) is 7.39. The van der Waals surface area contributed by atoms with Crippen LogP contribution in [0.2, 0.25) is 0 Å². The minimum atomic E-state index is -0.851. The highest BCUT2D eigenvalue weighted by Gasteiger charge is 2.47. The Hall–Kier alpha value is -1.02. The van der Waals surface area contributed by atoms with E-state index in [9.17, 15) is 5.11 Å². The zero-order chi connectivity index (χ0) is 20.4. The maximum absolute atomic E-state index is 10.9. The zero-order valence-electron chi connectivity index (χ0n) is 17.6. The molecule has 2 rings (SSSR count). The molecule has 0 bridgehead atoms. The molecule has 0 radical (unpaired) electrons. The van der Waals surface area contributed by atoms with E-state index in [-0.39, 0.29) is 12.7 Å². The fourth-order valence-electron chi connectivity index (χ4n) is 3.15. The summed E-state index contributed by atoms with van der Waals surface area (Å²) in [7, 11) is 0. The number of benzene rings is 1. The summed E-state index contributed by atoms with van der Waals surface area (Å²) in [6.45, 7) is 9.79. The summed E-state index contributed by atoms with van der Waals surface area (Å²) in [5, 5.41) is 10.9. The SMILES string of the molecule is CCCO[C@H]1[C@H](O)[C@@H](COCc2ccccc2)OC(OC(C)C)[C@@H]1OCCC. The molecule has 0 amide bonds. The Morgan fingerprint density at radius 1 is 1.00 bits per heavy atom. The smallest absolute Gasteiger partial charge is 0.187 e. The second kappa shape index (κ2) is 12.5. The molecule has 1 aliphatic heterocycles. The van der Waals surface area contributed by atoms with Crippen LogP contribution in [0.4, 0.5) is 0 Å². The molecule has 1 aliphatic rings. The lowest BCUT2D eigenvalue weighted by atomic mass is 9.98. The molecule has 6 heteroatoms. The predicted molar refractivity (Wildman–Crippen MR) is 107 cm³/mol. The van der Waals surface area contributed by atoms with Gasteiger partial charge in [-0.15, -0.1) is 0 Å². The van der Waals surface area contributed by atoms with E-state index in [4.69, 9.17) is 23.7 Å². The van der Waals surface area contributed by atoms with Gasteiger partial charge in [-0.2, -0.15) is 0 Å². The van der Waals surface area contributed by atoms with E-state index >= 15 is 0 Å². The van der Waals surface area contributed by atoms with Crippen LogP contribution in [0.5, 0.6) is 0 Å². The Kier molecular flexibility index (Phi) is 10.4. The lowest BCUT2D eigenvalue weighted by Gasteiger charge is -2.44. The quantitative estimate of drug-likeness (QED) is 0.585. The molecule has 0 aliphatic carbocycles. The average Bonchev–Trinajstić information content (AvgIpc) is 2.68. The van der Waals surface area contributed by atoms with E-state index in [1.54, 1.807) is 0 Å². The van der Waals surface area contributed by atoms with Crippen LogP contribution >= 0.6 is 0 Å². The van der Waals surface area contributed by atoms with E-state index in [1.807, 2.05) is 58.0 Å². The van der Waals surface area contributed by atoms with Crippen LogP contribution in [-0.2, 0) is 30.3 Å². The predicted octanol–water partition coefficient (Wildman–Crippen LogP) is 3.30. The fraction of sp³-hybridized carbons (Fsp3) is 0.727. The highest BCUT2D eigenvalue weighted by atomic mass is 16.7. The van der Waals surface area contributed by atoms with Gasteiger partial charge in [0.05, 0.1) is 19.3 Å². The molecule has 1 aromatic rings. The van der Waals surface area contributed by atoms with E-state index in [1.165, 1.54) is 0 Å². The molecule has 0 saturated carbocycles. The third-order valence-corrected chi connectivity index (χ3v) is 4.45. The number of rotatable bonds is 12. The zero-order valence-corrected chi connectivity index (χ0v) is 17.6. The molecule has 1 N–H and O–H groups in total. The van der Waals surface area contributed by atoms with Gasteiger partial charge in [-0.1, -0.05) is 44.2 Å². The molecular formula is C22H36O6. The van der Waals surface area contributed by atoms with Crippen molar-refractivity contribution < 1.29 is 28.8 Å². The second-order valence-electron chi connectivity index (χ2n) is 7.39. The third kappa shape index (κ3) is 7.10. The molecule has 1 heterocycles. The van der Waals surface area contributed by atoms with E-state index < -0.39 is 30.7 Å². The standard InChI is InChI=1S/C22H36O6/c1-5-12-25-20-19(23)18(15-24-14-17-10-8-7-9-11-17)28-22(27-16(3)4)21(20)26-13-6-2/h7-11,16,18-23H,5-6,12-15H2,1-4H3/t18-,19-,20+,21-,22?/m1/s1. The van der Waals surface area contributed by atoms with Gasteiger partial charge in [0.2, 0.25) is 0 Å². The minimum Gasteiger partial charge on any atom is -0.387 e. The number of aliphatic hydroxyl groups excluding tert-OH is 1. The van der Waals surface area contributed by atoms with Gasteiger partial charge < -0.3 is 28.8 Å². The summed E-state index contributed by atoms with van der Waals surface area (Å²) >= 11 is 0. The number of ether oxygens (including phenoxy) is 5. The Bertz CT molecular complexity index is 523. The fourth-order valence-corrected chi connectivity index (χ4v) is 3.15. The lowest BCUT2D eigenvalue weighted by molar-refractivity contribution is -0.324. The van der Waals surface area contributed by atoms with Gasteiger partial charge in [0.25, 0.3) is 0 Å². The number of hydrogen-bond donors (Lipinski definition) is 1. The van der Waals surface area contributed by atoms with Gasteiger partial charge in [0.15, 0.2) is 6.29 Å². The van der Waals surface area contributed by atoms with Crippen LogP contribution in [0.25, 0.3) is 0 Å². The molecule has 0 aromatic heterocycles. The Balaban J connectivity index is 2.05. The van der Waals surface area contributed by atoms with Crippen molar-refractivity contribution in [3.8, 4) is 0 Å². The first-order valence-electron chi connectivity index (χ1n) is 10.4. The number of aliphatic hydroxyl groups is 1. The molecular weight excluding hydrogens is 360 g/mol. The van der Waals surface area contributed by atoms with Crippen molar-refractivity contribution in [1.82, 2.24) is 0 Å². The maximum atomic E-state index is 10.9. The lowest BCUT2D eigenvalue weighted by Crippen LogP contribution is -2.61. The van der Waals surface area contributed by atoms with Crippen molar-refractivity contribution in [3.63, 3.8) is 0 Å². The summed E-state index contributed by atoms with van der Waals surface area (Å²) in [6.07, 6.45) is -1.32. The summed E-state index contributed by atoms with van der Waals surface area (Å²) in [5.74, 6) is 0. The topological polar surface area (TPSA) is 66.4 Å². The molecule has 1 fully saturated rings. The largest absolute Gasteiger partial charge is 0.387 e. The van der Waals surface area contributed by atoms with Crippen molar-refractivity contribution >= 4 is 0 Å². The first kappa shape index (κ1) is 23.3. The normalized spacial score (nSPS) is 28.0. The Labute approximate surface area is 169 Å². The van der Waals surface area contributed by atoms with Crippen molar-refractivity contribution in [1.29, 1.82) is 0 Å². The Morgan fingerprint density at radius 3 is 2.25 bits per heavy atom. The first-order chi connectivity index (χ1) is 13.6. The van der Waals surface area contributed by atoms with E-state index in [2.05, 4.69) is 0 Å². The third-order valence-electron chi connectivity index (χ3n) is 4.45. The molecule has 28 heavy (non-hydrogen) atoms. The van der Waals surface area contributed by atoms with Gasteiger partial charge in [-0.25, -0.2) is 0 Å². The van der Waals surface area contributed by atoms with Gasteiger partial charge in [0.1, 0.15) is 24.4 Å². The van der Waals surface area contributed by atoms with Crippen LogP contribution in [0.15, 0.2) is 30.3 Å². The summed E-state index contributed by atoms with van der Waals surface area (Å²) in [5.41, 5.74) is 1.07. The maximum Gasteiger partial charge on any atom is 0.187 e. The monoisotopic (exact) mass is 396 g/mol. The van der Waals surface area contributed by atoms with Crippen molar-refractivity contribution in [3.05, 3.63) is 35.9 Å². The van der Waals surface area contributed by atoms with Gasteiger partial charge in [-0.05, 0) is 32.3 Å². The van der Waals surface area contributed by atoms with E-state index in [0.29, 0.717) is 19.8 Å². The van der Waals surface area contributed by atoms with Gasteiger partial charge in [0, 0.05) is 13.2 Å². The van der Waals surface area contributed by atoms with Crippen LogP contribution in [0, 0.1) is 0 Å². The molecule has 6 nitrogen and oxygen atoms in total. The van der Waals surface area contributed by atoms with Gasteiger partial charge in [-0.3, -0.25) is 0 Å². The minimum absolute atomic E-state index is 0.0364. The molecule has 1 aromatic carbocycles. The van der Waals surface area contributed by atoms with Crippen LogP contribution in [0.1, 0.15) is 46.1 Å². The molecule has 0 spiro atoms. The van der Waals surface area contributed by atoms with Crippen molar-refractivity contribution in [2.75, 3.05) is 19.8 Å².